The summed E-state index contributed by atoms with van der Waals surface area (Å²) in [5.41, 5.74) is 0. The first-order valence-corrected chi connectivity index (χ1v) is 8.55. The Balaban J connectivity index is 1.79. The molecule has 0 bridgehead atoms. The van der Waals surface area contributed by atoms with Crippen LogP contribution in [0.3, 0.4) is 0 Å². The second-order valence-corrected chi connectivity index (χ2v) is 6.40. The van der Waals surface area contributed by atoms with Crippen molar-refractivity contribution in [3.05, 3.63) is 0 Å². The third kappa shape index (κ3) is 4.69. The molecule has 2 unspecified atom stereocenters. The summed E-state index contributed by atoms with van der Waals surface area (Å²) in [5.74, 6) is 0. The molecule has 0 amide bonds. The summed E-state index contributed by atoms with van der Waals surface area (Å²) in [6, 6.07) is 1.18. The van der Waals surface area contributed by atoms with Crippen molar-refractivity contribution in [3.63, 3.8) is 0 Å². The lowest BCUT2D eigenvalue weighted by Gasteiger charge is -2.40. The molecule has 2 rings (SSSR count). The second-order valence-electron chi connectivity index (χ2n) is 6.40. The van der Waals surface area contributed by atoms with Gasteiger partial charge in [0.2, 0.25) is 0 Å². The van der Waals surface area contributed by atoms with Gasteiger partial charge in [0.1, 0.15) is 0 Å². The molecular weight excluding hydrogens is 252 g/mol. The van der Waals surface area contributed by atoms with E-state index in [0.29, 0.717) is 25.3 Å². The van der Waals surface area contributed by atoms with E-state index in [9.17, 15) is 10.2 Å². The van der Waals surface area contributed by atoms with E-state index in [1.807, 2.05) is 0 Å². The molecular formula is C16H32N2O2. The average Bonchev–Trinajstić information content (AvgIpc) is 2.48. The van der Waals surface area contributed by atoms with Gasteiger partial charge < -0.3 is 10.2 Å². The van der Waals surface area contributed by atoms with Crippen LogP contribution in [0.2, 0.25) is 0 Å². The third-order valence-electron chi connectivity index (χ3n) is 5.10. The van der Waals surface area contributed by atoms with Gasteiger partial charge >= 0.3 is 0 Å². The number of aliphatic hydroxyl groups excluding tert-OH is 2. The topological polar surface area (TPSA) is 46.9 Å². The third-order valence-corrected chi connectivity index (χ3v) is 5.10. The summed E-state index contributed by atoms with van der Waals surface area (Å²) in [6.07, 6.45) is 9.61. The number of hydrogen-bond donors (Lipinski definition) is 2. The minimum absolute atomic E-state index is 0.317. The SMILES string of the molecule is OCCC1CCCCN1CCN1CCCCC1CCO. The first-order valence-electron chi connectivity index (χ1n) is 8.55. The van der Waals surface area contributed by atoms with E-state index >= 15 is 0 Å². The largest absolute Gasteiger partial charge is 0.396 e. The van der Waals surface area contributed by atoms with Gasteiger partial charge in [-0.2, -0.15) is 0 Å². The number of rotatable bonds is 7. The standard InChI is InChI=1S/C16H32N2O2/c19-13-7-15-5-1-3-9-17(15)11-12-18-10-4-2-6-16(18)8-14-20/h15-16,19-20H,1-14H2. The summed E-state index contributed by atoms with van der Waals surface area (Å²) in [5, 5.41) is 18.4. The normalized spacial score (nSPS) is 29.7. The number of aliphatic hydroxyl groups is 2. The van der Waals surface area contributed by atoms with E-state index in [1.165, 1.54) is 51.6 Å². The molecule has 0 aromatic heterocycles. The fourth-order valence-electron chi connectivity index (χ4n) is 3.92. The van der Waals surface area contributed by atoms with Crippen LogP contribution in [0.25, 0.3) is 0 Å². The highest BCUT2D eigenvalue weighted by Crippen LogP contribution is 2.22. The van der Waals surface area contributed by atoms with Crippen molar-refractivity contribution in [1.82, 2.24) is 9.80 Å². The van der Waals surface area contributed by atoms with Crippen LogP contribution in [0.1, 0.15) is 51.4 Å². The van der Waals surface area contributed by atoms with E-state index in [1.54, 1.807) is 0 Å². The zero-order valence-corrected chi connectivity index (χ0v) is 12.8. The van der Waals surface area contributed by atoms with Crippen molar-refractivity contribution >= 4 is 0 Å². The van der Waals surface area contributed by atoms with Crippen molar-refractivity contribution in [3.8, 4) is 0 Å². The van der Waals surface area contributed by atoms with Crippen LogP contribution >= 0.6 is 0 Å². The molecule has 2 aliphatic heterocycles. The molecule has 0 saturated carbocycles. The van der Waals surface area contributed by atoms with Gasteiger partial charge in [-0.3, -0.25) is 9.80 Å². The molecule has 2 heterocycles. The second kappa shape index (κ2) is 8.98. The Hall–Kier alpha value is -0.160. The minimum Gasteiger partial charge on any atom is -0.396 e. The Morgan fingerprint density at radius 3 is 1.55 bits per heavy atom. The molecule has 0 aliphatic carbocycles. The number of nitrogens with zero attached hydrogens (tertiary/aromatic N) is 2. The molecule has 20 heavy (non-hydrogen) atoms. The summed E-state index contributed by atoms with van der Waals surface area (Å²) in [7, 11) is 0. The Labute approximate surface area is 123 Å². The smallest absolute Gasteiger partial charge is 0.0445 e. The van der Waals surface area contributed by atoms with E-state index in [2.05, 4.69) is 9.80 Å². The van der Waals surface area contributed by atoms with Crippen molar-refractivity contribution in [2.24, 2.45) is 0 Å². The van der Waals surface area contributed by atoms with Gasteiger partial charge in [-0.05, 0) is 51.6 Å². The quantitative estimate of drug-likeness (QED) is 0.743. The van der Waals surface area contributed by atoms with Gasteiger partial charge in [-0.1, -0.05) is 12.8 Å². The predicted octanol–water partition coefficient (Wildman–Crippen LogP) is 1.46. The monoisotopic (exact) mass is 284 g/mol. The summed E-state index contributed by atoms with van der Waals surface area (Å²) < 4.78 is 0. The van der Waals surface area contributed by atoms with Gasteiger partial charge in [0.25, 0.3) is 0 Å². The van der Waals surface area contributed by atoms with E-state index in [0.717, 1.165) is 25.9 Å². The molecule has 2 atom stereocenters. The Morgan fingerprint density at radius 2 is 1.15 bits per heavy atom. The maximum Gasteiger partial charge on any atom is 0.0445 e. The Kier molecular flexibility index (Phi) is 7.28. The number of likely N-dealkylation sites (tertiary alicyclic amines) is 2. The van der Waals surface area contributed by atoms with Crippen LogP contribution in [-0.4, -0.2) is 71.5 Å². The molecule has 2 fully saturated rings. The van der Waals surface area contributed by atoms with Crippen LogP contribution in [0.4, 0.5) is 0 Å². The first-order chi connectivity index (χ1) is 9.85. The number of piperidine rings is 2. The van der Waals surface area contributed by atoms with Gasteiger partial charge in [0.05, 0.1) is 0 Å². The molecule has 4 nitrogen and oxygen atoms in total. The Bertz CT molecular complexity index is 233. The summed E-state index contributed by atoms with van der Waals surface area (Å²) >= 11 is 0. The van der Waals surface area contributed by atoms with E-state index < -0.39 is 0 Å². The molecule has 2 aliphatic rings. The average molecular weight is 284 g/mol. The van der Waals surface area contributed by atoms with Crippen LogP contribution in [0, 0.1) is 0 Å². The zero-order chi connectivity index (χ0) is 14.2. The zero-order valence-electron chi connectivity index (χ0n) is 12.8. The fraction of sp³-hybridized carbons (Fsp3) is 1.00. The lowest BCUT2D eigenvalue weighted by molar-refractivity contribution is 0.0728. The van der Waals surface area contributed by atoms with Crippen LogP contribution in [-0.2, 0) is 0 Å². The molecule has 0 aromatic carbocycles. The summed E-state index contributed by atoms with van der Waals surface area (Å²) in [4.78, 5) is 5.18. The Morgan fingerprint density at radius 1 is 0.700 bits per heavy atom. The van der Waals surface area contributed by atoms with Crippen molar-refractivity contribution in [1.29, 1.82) is 0 Å². The van der Waals surface area contributed by atoms with Crippen LogP contribution < -0.4 is 0 Å². The van der Waals surface area contributed by atoms with Crippen molar-refractivity contribution in [2.75, 3.05) is 39.4 Å². The van der Waals surface area contributed by atoms with Gasteiger partial charge in [0.15, 0.2) is 0 Å². The van der Waals surface area contributed by atoms with E-state index in [-0.39, 0.29) is 0 Å². The van der Waals surface area contributed by atoms with Crippen LogP contribution in [0.15, 0.2) is 0 Å². The van der Waals surface area contributed by atoms with Crippen molar-refractivity contribution in [2.45, 2.75) is 63.5 Å². The lowest BCUT2D eigenvalue weighted by Crippen LogP contribution is -2.48. The first kappa shape index (κ1) is 16.2. The molecule has 0 spiro atoms. The van der Waals surface area contributed by atoms with E-state index in [4.69, 9.17) is 0 Å². The lowest BCUT2D eigenvalue weighted by atomic mass is 9.98. The molecule has 2 saturated heterocycles. The molecule has 118 valence electrons. The van der Waals surface area contributed by atoms with Gasteiger partial charge in [0, 0.05) is 38.4 Å². The predicted molar refractivity (Wildman–Crippen MR) is 81.8 cm³/mol. The van der Waals surface area contributed by atoms with Crippen LogP contribution in [0.5, 0.6) is 0 Å². The maximum atomic E-state index is 9.20. The molecule has 2 N–H and O–H groups in total. The molecule has 0 aromatic rings. The van der Waals surface area contributed by atoms with Gasteiger partial charge in [-0.25, -0.2) is 0 Å². The summed E-state index contributed by atoms with van der Waals surface area (Å²) in [6.45, 7) is 5.29. The maximum absolute atomic E-state index is 9.20. The number of hydrogen-bond acceptors (Lipinski definition) is 4. The highest BCUT2D eigenvalue weighted by Gasteiger charge is 2.25. The minimum atomic E-state index is 0.317. The molecule has 0 radical (unpaired) electrons. The highest BCUT2D eigenvalue weighted by molar-refractivity contribution is 4.81. The highest BCUT2D eigenvalue weighted by atomic mass is 16.3. The van der Waals surface area contributed by atoms with Crippen molar-refractivity contribution < 1.29 is 10.2 Å². The molecule has 4 heteroatoms. The van der Waals surface area contributed by atoms with Gasteiger partial charge in [-0.15, -0.1) is 0 Å². The fourth-order valence-corrected chi connectivity index (χ4v) is 3.92.